The number of nitrogens with one attached hydrogen (secondary N) is 2. The fourth-order valence-electron chi connectivity index (χ4n) is 1.40. The summed E-state index contributed by atoms with van der Waals surface area (Å²) in [5.41, 5.74) is 2.14. The van der Waals surface area contributed by atoms with Crippen LogP contribution in [0.5, 0.6) is 5.75 Å². The van der Waals surface area contributed by atoms with Gasteiger partial charge >= 0.3 is 0 Å². The average molecular weight is 222 g/mol. The molecule has 4 heteroatoms. The highest BCUT2D eigenvalue weighted by Crippen LogP contribution is 2.20. The normalized spacial score (nSPS) is 9.69. The maximum Gasteiger partial charge on any atom is 0.221 e. The highest BCUT2D eigenvalue weighted by Gasteiger charge is 2.01. The highest BCUT2D eigenvalue weighted by atomic mass is 16.5. The topological polar surface area (TPSA) is 50.4 Å². The Morgan fingerprint density at radius 3 is 2.75 bits per heavy atom. The predicted octanol–water partition coefficient (Wildman–Crippen LogP) is 1.55. The summed E-state index contributed by atoms with van der Waals surface area (Å²) in [7, 11) is 3.29. The maximum absolute atomic E-state index is 11.0. The highest BCUT2D eigenvalue weighted by molar-refractivity contribution is 5.76. The van der Waals surface area contributed by atoms with Gasteiger partial charge in [-0.1, -0.05) is 0 Å². The van der Waals surface area contributed by atoms with Crippen LogP contribution in [0.4, 0.5) is 5.69 Å². The average Bonchev–Trinajstić information content (AvgIpc) is 2.30. The molecular formula is C12H18N2O2. The lowest BCUT2D eigenvalue weighted by Crippen LogP contribution is -2.20. The van der Waals surface area contributed by atoms with Crippen molar-refractivity contribution in [2.24, 2.45) is 0 Å². The Kier molecular flexibility index (Phi) is 4.64. The van der Waals surface area contributed by atoms with E-state index in [1.807, 2.05) is 25.1 Å². The molecule has 0 atom stereocenters. The number of benzene rings is 1. The number of carbonyl (C=O) groups is 1. The van der Waals surface area contributed by atoms with Crippen molar-refractivity contribution in [3.8, 4) is 5.75 Å². The van der Waals surface area contributed by atoms with Crippen molar-refractivity contribution in [2.75, 3.05) is 26.0 Å². The van der Waals surface area contributed by atoms with Crippen LogP contribution < -0.4 is 15.4 Å². The Morgan fingerprint density at radius 1 is 1.44 bits per heavy atom. The summed E-state index contributed by atoms with van der Waals surface area (Å²) < 4.78 is 5.12. The van der Waals surface area contributed by atoms with Gasteiger partial charge in [-0.05, 0) is 30.7 Å². The molecule has 0 saturated heterocycles. The molecule has 4 nitrogen and oxygen atoms in total. The van der Waals surface area contributed by atoms with Gasteiger partial charge < -0.3 is 15.4 Å². The Hall–Kier alpha value is -1.71. The van der Waals surface area contributed by atoms with Crippen LogP contribution in [0.1, 0.15) is 12.0 Å². The second-order valence-electron chi connectivity index (χ2n) is 3.53. The zero-order chi connectivity index (χ0) is 12.0. The molecule has 1 rings (SSSR count). The minimum atomic E-state index is 0.0404. The number of amides is 1. The van der Waals surface area contributed by atoms with E-state index in [1.54, 1.807) is 14.2 Å². The molecule has 0 saturated carbocycles. The van der Waals surface area contributed by atoms with Crippen molar-refractivity contribution in [3.63, 3.8) is 0 Å². The van der Waals surface area contributed by atoms with E-state index in [1.165, 1.54) is 0 Å². The van der Waals surface area contributed by atoms with Crippen molar-refractivity contribution in [2.45, 2.75) is 13.3 Å². The molecule has 0 aliphatic heterocycles. The SMILES string of the molecule is CNC(=O)CCNc1ccc(OC)cc1C. The second-order valence-corrected chi connectivity index (χ2v) is 3.53. The van der Waals surface area contributed by atoms with Gasteiger partial charge in [-0.2, -0.15) is 0 Å². The summed E-state index contributed by atoms with van der Waals surface area (Å²) in [5, 5.41) is 5.80. The van der Waals surface area contributed by atoms with Gasteiger partial charge in [0.15, 0.2) is 0 Å². The molecule has 16 heavy (non-hydrogen) atoms. The monoisotopic (exact) mass is 222 g/mol. The molecule has 2 N–H and O–H groups in total. The fourth-order valence-corrected chi connectivity index (χ4v) is 1.40. The van der Waals surface area contributed by atoms with Crippen LogP contribution in [0.15, 0.2) is 18.2 Å². The molecule has 0 aromatic heterocycles. The van der Waals surface area contributed by atoms with Crippen LogP contribution in [0.3, 0.4) is 0 Å². The standard InChI is InChI=1S/C12H18N2O2/c1-9-8-10(16-3)4-5-11(9)14-7-6-12(15)13-2/h4-5,8,14H,6-7H2,1-3H3,(H,13,15). The number of ether oxygens (including phenoxy) is 1. The third-order valence-electron chi connectivity index (χ3n) is 2.38. The lowest BCUT2D eigenvalue weighted by molar-refractivity contribution is -0.120. The van der Waals surface area contributed by atoms with Gasteiger partial charge in [-0.25, -0.2) is 0 Å². The minimum absolute atomic E-state index is 0.0404. The van der Waals surface area contributed by atoms with Gasteiger partial charge in [-0.3, -0.25) is 4.79 Å². The van der Waals surface area contributed by atoms with Crippen molar-refractivity contribution >= 4 is 11.6 Å². The first-order valence-electron chi connectivity index (χ1n) is 5.26. The van der Waals surface area contributed by atoms with E-state index in [4.69, 9.17) is 4.74 Å². The van der Waals surface area contributed by atoms with E-state index in [9.17, 15) is 4.79 Å². The van der Waals surface area contributed by atoms with Gasteiger partial charge in [0, 0.05) is 25.7 Å². The predicted molar refractivity (Wildman–Crippen MR) is 64.9 cm³/mol. The van der Waals surface area contributed by atoms with E-state index >= 15 is 0 Å². The molecule has 0 bridgehead atoms. The molecule has 0 unspecified atom stereocenters. The van der Waals surface area contributed by atoms with E-state index in [2.05, 4.69) is 10.6 Å². The molecular weight excluding hydrogens is 204 g/mol. The summed E-state index contributed by atoms with van der Waals surface area (Å²) in [6.07, 6.45) is 0.474. The van der Waals surface area contributed by atoms with E-state index in [0.29, 0.717) is 13.0 Å². The van der Waals surface area contributed by atoms with Crippen LogP contribution in [-0.4, -0.2) is 26.6 Å². The first kappa shape index (κ1) is 12.4. The van der Waals surface area contributed by atoms with Crippen LogP contribution in [-0.2, 0) is 4.79 Å². The summed E-state index contributed by atoms with van der Waals surface area (Å²) in [4.78, 5) is 11.0. The number of rotatable bonds is 5. The third kappa shape index (κ3) is 3.46. The van der Waals surface area contributed by atoms with Gasteiger partial charge in [-0.15, -0.1) is 0 Å². The summed E-state index contributed by atoms with van der Waals surface area (Å²) in [6, 6.07) is 5.81. The number of carbonyl (C=O) groups excluding carboxylic acids is 1. The molecule has 1 amide bonds. The fraction of sp³-hybridized carbons (Fsp3) is 0.417. The zero-order valence-corrected chi connectivity index (χ0v) is 9.96. The minimum Gasteiger partial charge on any atom is -0.497 e. The second kappa shape index (κ2) is 6.00. The molecule has 1 aromatic rings. The molecule has 0 spiro atoms. The molecule has 88 valence electrons. The van der Waals surface area contributed by atoms with Crippen LogP contribution in [0.25, 0.3) is 0 Å². The Balaban J connectivity index is 2.51. The van der Waals surface area contributed by atoms with E-state index < -0.39 is 0 Å². The molecule has 0 aliphatic carbocycles. The lowest BCUT2D eigenvalue weighted by atomic mass is 10.2. The number of hydrogen-bond donors (Lipinski definition) is 2. The molecule has 0 heterocycles. The van der Waals surface area contributed by atoms with Crippen LogP contribution in [0.2, 0.25) is 0 Å². The van der Waals surface area contributed by atoms with Crippen LogP contribution >= 0.6 is 0 Å². The van der Waals surface area contributed by atoms with Gasteiger partial charge in [0.05, 0.1) is 7.11 Å². The lowest BCUT2D eigenvalue weighted by Gasteiger charge is -2.10. The van der Waals surface area contributed by atoms with Crippen LogP contribution in [0, 0.1) is 6.92 Å². The van der Waals surface area contributed by atoms with Gasteiger partial charge in [0.25, 0.3) is 0 Å². The van der Waals surface area contributed by atoms with Gasteiger partial charge in [0.1, 0.15) is 5.75 Å². The summed E-state index contributed by atoms with van der Waals surface area (Å²) >= 11 is 0. The quantitative estimate of drug-likeness (QED) is 0.794. The third-order valence-corrected chi connectivity index (χ3v) is 2.38. The Bertz CT molecular complexity index is 364. The first-order valence-corrected chi connectivity index (χ1v) is 5.26. The largest absolute Gasteiger partial charge is 0.497 e. The zero-order valence-electron chi connectivity index (χ0n) is 9.96. The van der Waals surface area contributed by atoms with E-state index in [0.717, 1.165) is 17.0 Å². The van der Waals surface area contributed by atoms with Crippen molar-refractivity contribution < 1.29 is 9.53 Å². The number of methoxy groups -OCH3 is 1. The Labute approximate surface area is 96.0 Å². The summed E-state index contributed by atoms with van der Waals surface area (Å²) in [5.74, 6) is 0.882. The molecule has 0 aliphatic rings. The van der Waals surface area contributed by atoms with Crippen molar-refractivity contribution in [1.29, 1.82) is 0 Å². The summed E-state index contributed by atoms with van der Waals surface area (Å²) in [6.45, 7) is 2.64. The van der Waals surface area contributed by atoms with Gasteiger partial charge in [0.2, 0.25) is 5.91 Å². The van der Waals surface area contributed by atoms with Crippen molar-refractivity contribution in [1.82, 2.24) is 5.32 Å². The number of anilines is 1. The van der Waals surface area contributed by atoms with E-state index in [-0.39, 0.29) is 5.91 Å². The first-order chi connectivity index (χ1) is 7.67. The number of aryl methyl sites for hydroxylation is 1. The Morgan fingerprint density at radius 2 is 2.19 bits per heavy atom. The smallest absolute Gasteiger partial charge is 0.221 e. The maximum atomic E-state index is 11.0. The molecule has 0 radical (unpaired) electrons. The van der Waals surface area contributed by atoms with Crippen molar-refractivity contribution in [3.05, 3.63) is 23.8 Å². The number of hydrogen-bond acceptors (Lipinski definition) is 3. The molecule has 1 aromatic carbocycles. The molecule has 0 fully saturated rings.